The molecule has 0 amide bonds. The topological polar surface area (TPSA) is 9.72 Å². The maximum atomic E-state index is 2.93. The molecule has 1 heterocycles. The third kappa shape index (κ3) is 8.61. The van der Waals surface area contributed by atoms with E-state index in [9.17, 15) is 0 Å². The second-order valence-electron chi connectivity index (χ2n) is 9.98. The van der Waals surface area contributed by atoms with E-state index in [-0.39, 0.29) is 51.0 Å². The number of nitrogens with zero attached hydrogens (tertiary/aromatic N) is 3. The zero-order chi connectivity index (χ0) is 18.3. The zero-order valence-electron chi connectivity index (χ0n) is 19.0. The summed E-state index contributed by atoms with van der Waals surface area (Å²) < 4.78 is 0. The number of rotatable bonds is 3. The second-order valence-corrected chi connectivity index (χ2v) is 9.98. The second kappa shape index (κ2) is 16.1. The average molecular weight is 599 g/mol. The van der Waals surface area contributed by atoms with Gasteiger partial charge in [-0.2, -0.15) is 0 Å². The van der Waals surface area contributed by atoms with E-state index >= 15 is 0 Å². The molecule has 6 heteroatoms. The van der Waals surface area contributed by atoms with Gasteiger partial charge in [0.2, 0.25) is 0 Å². The molecule has 30 heavy (non-hydrogen) atoms. The van der Waals surface area contributed by atoms with Gasteiger partial charge in [-0.05, 0) is 38.5 Å². The van der Waals surface area contributed by atoms with Gasteiger partial charge >= 0.3 is 17.1 Å². The van der Waals surface area contributed by atoms with Crippen molar-refractivity contribution in [2.45, 2.75) is 114 Å². The molecule has 0 aromatic heterocycles. The summed E-state index contributed by atoms with van der Waals surface area (Å²) in [5.74, 6) is 0. The maximum Gasteiger partial charge on any atom is 2.00 e. The molecule has 3 aliphatic carbocycles. The Labute approximate surface area is 218 Å². The summed E-state index contributed by atoms with van der Waals surface area (Å²) in [6.07, 6.45) is 22.1. The molecule has 0 atom stereocenters. The van der Waals surface area contributed by atoms with Crippen LogP contribution in [0.3, 0.4) is 0 Å². The predicted octanol–water partition coefficient (Wildman–Crippen LogP) is -1.09. The Morgan fingerprint density at radius 2 is 0.533 bits per heavy atom. The van der Waals surface area contributed by atoms with Crippen LogP contribution in [0.2, 0.25) is 0 Å². The molecular weight excluding hydrogens is 554 g/mol. The van der Waals surface area contributed by atoms with Crippen molar-refractivity contribution in [2.75, 3.05) is 39.3 Å². The quantitative estimate of drug-likeness (QED) is 0.383. The largest absolute Gasteiger partial charge is 2.00 e. The number of hydrogen-bond acceptors (Lipinski definition) is 3. The van der Waals surface area contributed by atoms with Crippen molar-refractivity contribution in [3.63, 3.8) is 0 Å². The fourth-order valence-electron chi connectivity index (χ4n) is 6.54. The average Bonchev–Trinajstić information content (AvgIpc) is 2.86. The predicted molar refractivity (Wildman–Crippen MR) is 115 cm³/mol. The summed E-state index contributed by atoms with van der Waals surface area (Å²) in [7, 11) is 0. The normalized spacial score (nSPS) is 27.6. The molecule has 0 N–H and O–H groups in total. The molecule has 4 rings (SSSR count). The first-order valence-electron chi connectivity index (χ1n) is 12.6. The van der Waals surface area contributed by atoms with Crippen LogP contribution in [0.5, 0.6) is 0 Å². The van der Waals surface area contributed by atoms with E-state index in [1.54, 1.807) is 0 Å². The Balaban J connectivity index is 0.00000150. The van der Waals surface area contributed by atoms with E-state index in [4.69, 9.17) is 0 Å². The number of hydrogen-bond donors (Lipinski definition) is 0. The fourth-order valence-corrected chi connectivity index (χ4v) is 6.54. The van der Waals surface area contributed by atoms with Gasteiger partial charge in [0.15, 0.2) is 0 Å². The SMILES string of the molecule is C1CCC(N2CCN(C3CCCCC3)CCN(C3CCCCC3)CC2)CC1.[Br-].[Br-].[Cu+2]. The van der Waals surface area contributed by atoms with E-state index in [0.717, 1.165) is 18.1 Å². The Hall–Kier alpha value is 1.36. The fraction of sp³-hybridized carbons (Fsp3) is 1.00. The molecule has 1 radical (unpaired) electrons. The molecule has 181 valence electrons. The Bertz CT molecular complexity index is 351. The van der Waals surface area contributed by atoms with Gasteiger partial charge in [0.1, 0.15) is 0 Å². The third-order valence-electron chi connectivity index (χ3n) is 8.30. The van der Waals surface area contributed by atoms with Crippen LogP contribution in [0.25, 0.3) is 0 Å². The Morgan fingerprint density at radius 3 is 0.733 bits per heavy atom. The first-order valence-corrected chi connectivity index (χ1v) is 12.6. The molecule has 3 saturated carbocycles. The van der Waals surface area contributed by atoms with Crippen LogP contribution in [-0.4, -0.2) is 72.1 Å². The van der Waals surface area contributed by atoms with E-state index < -0.39 is 0 Å². The molecule has 3 nitrogen and oxygen atoms in total. The van der Waals surface area contributed by atoms with Crippen LogP contribution in [0, 0.1) is 0 Å². The smallest absolute Gasteiger partial charge is 1.00 e. The summed E-state index contributed by atoms with van der Waals surface area (Å²) in [5, 5.41) is 0. The summed E-state index contributed by atoms with van der Waals surface area (Å²) in [6.45, 7) is 8.00. The van der Waals surface area contributed by atoms with E-state index in [2.05, 4.69) is 14.7 Å². The molecule has 0 spiro atoms. The molecular formula is C24H45Br2CuN3. The van der Waals surface area contributed by atoms with Gasteiger partial charge in [0.25, 0.3) is 0 Å². The van der Waals surface area contributed by atoms with Crippen molar-refractivity contribution >= 4 is 0 Å². The van der Waals surface area contributed by atoms with Gasteiger partial charge in [-0.1, -0.05) is 57.8 Å². The molecule has 0 unspecified atom stereocenters. The summed E-state index contributed by atoms with van der Waals surface area (Å²) >= 11 is 0. The molecule has 4 fully saturated rings. The van der Waals surface area contributed by atoms with Crippen molar-refractivity contribution in [1.82, 2.24) is 14.7 Å². The third-order valence-corrected chi connectivity index (χ3v) is 8.30. The number of halogens is 2. The molecule has 0 aromatic rings. The van der Waals surface area contributed by atoms with Crippen LogP contribution in [0.1, 0.15) is 96.3 Å². The zero-order valence-corrected chi connectivity index (χ0v) is 23.1. The van der Waals surface area contributed by atoms with Crippen LogP contribution in [0.15, 0.2) is 0 Å². The van der Waals surface area contributed by atoms with Gasteiger partial charge in [0, 0.05) is 57.4 Å². The molecule has 0 bridgehead atoms. The first-order chi connectivity index (χ1) is 13.4. The van der Waals surface area contributed by atoms with E-state index in [0.29, 0.717) is 0 Å². The van der Waals surface area contributed by atoms with Gasteiger partial charge in [-0.15, -0.1) is 0 Å². The van der Waals surface area contributed by atoms with E-state index in [1.807, 2.05) is 0 Å². The Kier molecular flexibility index (Phi) is 15.7. The van der Waals surface area contributed by atoms with Crippen LogP contribution in [-0.2, 0) is 17.1 Å². The van der Waals surface area contributed by atoms with Crippen LogP contribution in [0.4, 0.5) is 0 Å². The standard InChI is InChI=1S/C24H45N3.2BrH.Cu/c1-4-10-22(11-5-1)25-16-18-26(23-12-6-2-7-13-23)20-21-27(19-17-25)24-14-8-3-9-15-24;;;/h22-24H,1-21H2;2*1H;/q;;;+2/p-2. The minimum atomic E-state index is 0. The monoisotopic (exact) mass is 596 g/mol. The van der Waals surface area contributed by atoms with Crippen molar-refractivity contribution in [1.29, 1.82) is 0 Å². The Morgan fingerprint density at radius 1 is 0.333 bits per heavy atom. The molecule has 0 aromatic carbocycles. The molecule has 1 saturated heterocycles. The van der Waals surface area contributed by atoms with Crippen molar-refractivity contribution in [3.8, 4) is 0 Å². The maximum absolute atomic E-state index is 2.93. The molecule has 4 aliphatic rings. The summed E-state index contributed by atoms with van der Waals surface area (Å²) in [6, 6.07) is 2.66. The van der Waals surface area contributed by atoms with Crippen LogP contribution >= 0.6 is 0 Å². The van der Waals surface area contributed by atoms with Gasteiger partial charge in [-0.3, -0.25) is 14.7 Å². The minimum absolute atomic E-state index is 0. The van der Waals surface area contributed by atoms with Crippen molar-refractivity contribution in [2.24, 2.45) is 0 Å². The summed E-state index contributed by atoms with van der Waals surface area (Å²) in [5.41, 5.74) is 0. The van der Waals surface area contributed by atoms with Crippen molar-refractivity contribution < 1.29 is 51.0 Å². The molecule has 1 aliphatic heterocycles. The first kappa shape index (κ1) is 29.4. The van der Waals surface area contributed by atoms with E-state index in [1.165, 1.54) is 136 Å². The minimum Gasteiger partial charge on any atom is -1.00 e. The summed E-state index contributed by atoms with van der Waals surface area (Å²) in [4.78, 5) is 8.78. The van der Waals surface area contributed by atoms with Gasteiger partial charge in [0.05, 0.1) is 0 Å². The van der Waals surface area contributed by atoms with Gasteiger partial charge in [-0.25, -0.2) is 0 Å². The van der Waals surface area contributed by atoms with Gasteiger partial charge < -0.3 is 34.0 Å². The van der Waals surface area contributed by atoms with Crippen LogP contribution < -0.4 is 34.0 Å². The van der Waals surface area contributed by atoms with Crippen molar-refractivity contribution in [3.05, 3.63) is 0 Å².